The lowest BCUT2D eigenvalue weighted by molar-refractivity contribution is 0.542. The SMILES string of the molecule is Nc1nccc(-c2cn(Cc3ccccc3)nc2F)c1-c1ccc(Cl)cc1. The fourth-order valence-electron chi connectivity index (χ4n) is 3.05. The summed E-state index contributed by atoms with van der Waals surface area (Å²) in [4.78, 5) is 4.16. The van der Waals surface area contributed by atoms with Gasteiger partial charge in [-0.1, -0.05) is 54.1 Å². The predicted octanol–water partition coefficient (Wildman–Crippen LogP) is 5.04. The molecule has 27 heavy (non-hydrogen) atoms. The van der Waals surface area contributed by atoms with Crippen molar-refractivity contribution in [3.63, 3.8) is 0 Å². The summed E-state index contributed by atoms with van der Waals surface area (Å²) in [7, 11) is 0. The molecule has 4 rings (SSSR count). The Bertz CT molecular complexity index is 1080. The van der Waals surface area contributed by atoms with Crippen LogP contribution in [0.3, 0.4) is 0 Å². The third kappa shape index (κ3) is 3.55. The molecule has 0 aliphatic heterocycles. The highest BCUT2D eigenvalue weighted by Gasteiger charge is 2.18. The number of pyridine rings is 1. The van der Waals surface area contributed by atoms with Crippen molar-refractivity contribution in [1.82, 2.24) is 14.8 Å². The Hall–Kier alpha value is -3.18. The summed E-state index contributed by atoms with van der Waals surface area (Å²) in [6, 6.07) is 18.7. The van der Waals surface area contributed by atoms with Gasteiger partial charge in [-0.15, -0.1) is 5.10 Å². The molecular weight excluding hydrogens is 363 g/mol. The van der Waals surface area contributed by atoms with Crippen molar-refractivity contribution < 1.29 is 4.39 Å². The van der Waals surface area contributed by atoms with E-state index in [-0.39, 0.29) is 0 Å². The molecular formula is C21H16ClFN4. The van der Waals surface area contributed by atoms with Gasteiger partial charge >= 0.3 is 0 Å². The maximum absolute atomic E-state index is 14.7. The minimum Gasteiger partial charge on any atom is -0.383 e. The zero-order valence-electron chi connectivity index (χ0n) is 14.3. The van der Waals surface area contributed by atoms with Gasteiger partial charge in [0.15, 0.2) is 0 Å². The van der Waals surface area contributed by atoms with E-state index in [9.17, 15) is 4.39 Å². The second kappa shape index (κ2) is 7.21. The highest BCUT2D eigenvalue weighted by molar-refractivity contribution is 6.30. The third-order valence-corrected chi connectivity index (χ3v) is 4.56. The van der Waals surface area contributed by atoms with Crippen LogP contribution >= 0.6 is 11.6 Å². The van der Waals surface area contributed by atoms with Crippen molar-refractivity contribution in [3.05, 3.63) is 89.6 Å². The smallest absolute Gasteiger partial charge is 0.240 e. The summed E-state index contributed by atoms with van der Waals surface area (Å²) in [6.45, 7) is 0.481. The van der Waals surface area contributed by atoms with Crippen molar-refractivity contribution in [2.45, 2.75) is 6.54 Å². The van der Waals surface area contributed by atoms with E-state index < -0.39 is 5.95 Å². The Kier molecular flexibility index (Phi) is 4.60. The molecule has 0 unspecified atom stereocenters. The molecule has 0 atom stereocenters. The number of halogens is 2. The first-order valence-electron chi connectivity index (χ1n) is 8.39. The van der Waals surface area contributed by atoms with E-state index in [1.54, 1.807) is 35.3 Å². The lowest BCUT2D eigenvalue weighted by Gasteiger charge is -2.11. The van der Waals surface area contributed by atoms with Gasteiger partial charge < -0.3 is 5.73 Å². The molecule has 0 fully saturated rings. The molecule has 0 radical (unpaired) electrons. The highest BCUT2D eigenvalue weighted by Crippen LogP contribution is 2.36. The number of anilines is 1. The van der Waals surface area contributed by atoms with Gasteiger partial charge in [-0.3, -0.25) is 4.68 Å². The Morgan fingerprint density at radius 3 is 2.44 bits per heavy atom. The van der Waals surface area contributed by atoms with Crippen molar-refractivity contribution in [2.24, 2.45) is 0 Å². The van der Waals surface area contributed by atoms with Crippen molar-refractivity contribution in [2.75, 3.05) is 5.73 Å². The topological polar surface area (TPSA) is 56.7 Å². The van der Waals surface area contributed by atoms with Crippen LogP contribution in [0.2, 0.25) is 5.02 Å². The first-order valence-corrected chi connectivity index (χ1v) is 8.77. The zero-order valence-corrected chi connectivity index (χ0v) is 15.1. The Balaban J connectivity index is 1.78. The van der Waals surface area contributed by atoms with E-state index in [0.717, 1.165) is 11.1 Å². The number of nitrogen functional groups attached to an aromatic ring is 1. The van der Waals surface area contributed by atoms with Crippen LogP contribution in [0.1, 0.15) is 5.56 Å². The Morgan fingerprint density at radius 1 is 0.963 bits per heavy atom. The van der Waals surface area contributed by atoms with Gasteiger partial charge in [0.25, 0.3) is 0 Å². The molecule has 2 N–H and O–H groups in total. The maximum atomic E-state index is 14.7. The van der Waals surface area contributed by atoms with Crippen LogP contribution in [-0.4, -0.2) is 14.8 Å². The number of aromatic nitrogens is 3. The lowest BCUT2D eigenvalue weighted by atomic mass is 9.97. The normalized spacial score (nSPS) is 10.9. The number of rotatable bonds is 4. The Labute approximate surface area is 161 Å². The highest BCUT2D eigenvalue weighted by atomic mass is 35.5. The summed E-state index contributed by atoms with van der Waals surface area (Å²) >= 11 is 5.98. The lowest BCUT2D eigenvalue weighted by Crippen LogP contribution is -2.00. The van der Waals surface area contributed by atoms with Gasteiger partial charge in [-0.2, -0.15) is 4.39 Å². The first kappa shape index (κ1) is 17.2. The van der Waals surface area contributed by atoms with Crippen molar-refractivity contribution >= 4 is 17.4 Å². The van der Waals surface area contributed by atoms with Gasteiger partial charge in [0, 0.05) is 28.5 Å². The maximum Gasteiger partial charge on any atom is 0.240 e. The van der Waals surface area contributed by atoms with E-state index in [0.29, 0.717) is 34.1 Å². The molecule has 0 amide bonds. The fraction of sp³-hybridized carbons (Fsp3) is 0.0476. The molecule has 2 aromatic carbocycles. The largest absolute Gasteiger partial charge is 0.383 e. The van der Waals surface area contributed by atoms with E-state index in [1.807, 2.05) is 42.5 Å². The van der Waals surface area contributed by atoms with Gasteiger partial charge in [-0.05, 0) is 29.3 Å². The molecule has 2 aromatic heterocycles. The van der Waals surface area contributed by atoms with Crippen LogP contribution < -0.4 is 5.73 Å². The summed E-state index contributed by atoms with van der Waals surface area (Å²) in [5.41, 5.74) is 9.65. The van der Waals surface area contributed by atoms with Crippen LogP contribution in [0.25, 0.3) is 22.3 Å². The number of hydrogen-bond acceptors (Lipinski definition) is 3. The molecule has 0 spiro atoms. The fourth-order valence-corrected chi connectivity index (χ4v) is 3.18. The van der Waals surface area contributed by atoms with Crippen LogP contribution in [0.5, 0.6) is 0 Å². The summed E-state index contributed by atoms with van der Waals surface area (Å²) in [6.07, 6.45) is 3.26. The van der Waals surface area contributed by atoms with Crippen LogP contribution in [0, 0.1) is 5.95 Å². The van der Waals surface area contributed by atoms with E-state index in [1.165, 1.54) is 0 Å². The summed E-state index contributed by atoms with van der Waals surface area (Å²) < 4.78 is 16.3. The average Bonchev–Trinajstić information content (AvgIpc) is 3.03. The predicted molar refractivity (Wildman–Crippen MR) is 106 cm³/mol. The van der Waals surface area contributed by atoms with Gasteiger partial charge in [0.2, 0.25) is 5.95 Å². The molecule has 6 heteroatoms. The number of benzene rings is 2. The molecule has 4 nitrogen and oxygen atoms in total. The third-order valence-electron chi connectivity index (χ3n) is 4.31. The van der Waals surface area contributed by atoms with Gasteiger partial charge in [0.05, 0.1) is 12.1 Å². The second-order valence-corrected chi connectivity index (χ2v) is 6.58. The molecule has 0 saturated heterocycles. The van der Waals surface area contributed by atoms with Crippen LogP contribution in [-0.2, 0) is 6.54 Å². The number of hydrogen-bond donors (Lipinski definition) is 1. The standard InChI is InChI=1S/C21H16ClFN4/c22-16-8-6-15(7-9-16)19-17(10-11-25-21(19)24)18-13-27(26-20(18)23)12-14-4-2-1-3-5-14/h1-11,13H,12H2,(H2,24,25). The first-order chi connectivity index (χ1) is 13.1. The minimum absolute atomic E-state index is 0.324. The average molecular weight is 379 g/mol. The van der Waals surface area contributed by atoms with Crippen LogP contribution in [0.15, 0.2) is 73.1 Å². The van der Waals surface area contributed by atoms with E-state index in [2.05, 4.69) is 10.1 Å². The monoisotopic (exact) mass is 378 g/mol. The van der Waals surface area contributed by atoms with Gasteiger partial charge in [0.1, 0.15) is 5.82 Å². The molecule has 0 bridgehead atoms. The molecule has 0 aliphatic rings. The van der Waals surface area contributed by atoms with Crippen molar-refractivity contribution in [1.29, 1.82) is 0 Å². The molecule has 4 aromatic rings. The summed E-state index contributed by atoms with van der Waals surface area (Å²) in [5, 5.41) is 4.64. The Morgan fingerprint density at radius 2 is 1.70 bits per heavy atom. The number of nitrogens with two attached hydrogens (primary N) is 1. The van der Waals surface area contributed by atoms with E-state index >= 15 is 0 Å². The number of nitrogens with zero attached hydrogens (tertiary/aromatic N) is 3. The van der Waals surface area contributed by atoms with Crippen LogP contribution in [0.4, 0.5) is 10.2 Å². The second-order valence-electron chi connectivity index (χ2n) is 6.14. The quantitative estimate of drug-likeness (QED) is 0.541. The molecule has 2 heterocycles. The summed E-state index contributed by atoms with van der Waals surface area (Å²) in [5.74, 6) is -0.225. The van der Waals surface area contributed by atoms with Gasteiger partial charge in [-0.25, -0.2) is 4.98 Å². The molecule has 0 aliphatic carbocycles. The molecule has 0 saturated carbocycles. The molecule has 134 valence electrons. The van der Waals surface area contributed by atoms with E-state index in [4.69, 9.17) is 17.3 Å². The zero-order chi connectivity index (χ0) is 18.8. The minimum atomic E-state index is -0.549. The van der Waals surface area contributed by atoms with Crippen molar-refractivity contribution in [3.8, 4) is 22.3 Å².